The van der Waals surface area contributed by atoms with Gasteiger partial charge in [-0.1, -0.05) is 35.9 Å². The number of piperazine rings is 1. The molecule has 0 spiro atoms. The van der Waals surface area contributed by atoms with Crippen LogP contribution < -0.4 is 4.90 Å². The Bertz CT molecular complexity index is 1090. The molecule has 1 fully saturated rings. The fourth-order valence-electron chi connectivity index (χ4n) is 3.44. The molecule has 6 nitrogen and oxygen atoms in total. The van der Waals surface area contributed by atoms with Crippen molar-refractivity contribution < 1.29 is 9.21 Å². The number of halogens is 1. The smallest absolute Gasteiger partial charge is 0.254 e. The quantitative estimate of drug-likeness (QED) is 0.653. The SMILES string of the molecule is Cc1ccccc1C(=O)N1CCN(c2oc(-c3cccc(Cl)c3)nc2C#N)CC1. The van der Waals surface area contributed by atoms with Crippen LogP contribution in [-0.4, -0.2) is 42.0 Å². The molecule has 4 rings (SSSR count). The van der Waals surface area contributed by atoms with E-state index < -0.39 is 0 Å². The van der Waals surface area contributed by atoms with Gasteiger partial charge in [0.25, 0.3) is 5.91 Å². The fourth-order valence-corrected chi connectivity index (χ4v) is 3.63. The van der Waals surface area contributed by atoms with Crippen molar-refractivity contribution >= 4 is 23.4 Å². The van der Waals surface area contributed by atoms with Gasteiger partial charge in [-0.25, -0.2) is 0 Å². The summed E-state index contributed by atoms with van der Waals surface area (Å²) >= 11 is 6.05. The number of amides is 1. The van der Waals surface area contributed by atoms with Crippen LogP contribution in [0.2, 0.25) is 5.02 Å². The van der Waals surface area contributed by atoms with Gasteiger partial charge in [0.05, 0.1) is 0 Å². The highest BCUT2D eigenvalue weighted by Gasteiger charge is 2.27. The lowest BCUT2D eigenvalue weighted by Gasteiger charge is -2.34. The molecule has 146 valence electrons. The maximum atomic E-state index is 12.8. The molecule has 1 aromatic heterocycles. The Hall–Kier alpha value is -3.30. The lowest BCUT2D eigenvalue weighted by molar-refractivity contribution is 0.0744. The van der Waals surface area contributed by atoms with Gasteiger partial charge >= 0.3 is 0 Å². The van der Waals surface area contributed by atoms with E-state index in [1.807, 2.05) is 53.1 Å². The minimum Gasteiger partial charge on any atom is -0.419 e. The zero-order chi connectivity index (χ0) is 20.4. The zero-order valence-electron chi connectivity index (χ0n) is 15.9. The van der Waals surface area contributed by atoms with Crippen LogP contribution in [0.1, 0.15) is 21.6 Å². The Labute approximate surface area is 173 Å². The molecule has 0 unspecified atom stereocenters. The number of hydrogen-bond donors (Lipinski definition) is 0. The number of hydrogen-bond acceptors (Lipinski definition) is 5. The molecular weight excluding hydrogens is 388 g/mol. The van der Waals surface area contributed by atoms with E-state index in [1.54, 1.807) is 12.1 Å². The Kier molecular flexibility index (Phi) is 5.24. The van der Waals surface area contributed by atoms with Crippen LogP contribution in [0.3, 0.4) is 0 Å². The Balaban J connectivity index is 1.51. The Morgan fingerprint density at radius 3 is 2.59 bits per heavy atom. The van der Waals surface area contributed by atoms with Gasteiger partial charge in [0.15, 0.2) is 0 Å². The van der Waals surface area contributed by atoms with Crippen LogP contribution in [-0.2, 0) is 0 Å². The summed E-state index contributed by atoms with van der Waals surface area (Å²) in [5, 5.41) is 10.1. The van der Waals surface area contributed by atoms with Gasteiger partial charge in [0.2, 0.25) is 17.5 Å². The summed E-state index contributed by atoms with van der Waals surface area (Å²) in [5.74, 6) is 0.823. The molecule has 1 aliphatic heterocycles. The van der Waals surface area contributed by atoms with Crippen molar-refractivity contribution in [1.82, 2.24) is 9.88 Å². The molecule has 1 amide bonds. The highest BCUT2D eigenvalue weighted by molar-refractivity contribution is 6.30. The van der Waals surface area contributed by atoms with Crippen LogP contribution in [0.15, 0.2) is 52.9 Å². The molecule has 0 bridgehead atoms. The number of aromatic nitrogens is 1. The van der Waals surface area contributed by atoms with Crippen molar-refractivity contribution in [2.75, 3.05) is 31.1 Å². The summed E-state index contributed by atoms with van der Waals surface area (Å²) in [6.07, 6.45) is 0. The van der Waals surface area contributed by atoms with Crippen LogP contribution >= 0.6 is 11.6 Å². The van der Waals surface area contributed by atoms with Gasteiger partial charge in [-0.2, -0.15) is 10.2 Å². The first kappa shape index (κ1) is 19.0. The van der Waals surface area contributed by atoms with Crippen molar-refractivity contribution in [1.29, 1.82) is 5.26 Å². The molecule has 3 aromatic rings. The molecule has 0 radical (unpaired) electrons. The van der Waals surface area contributed by atoms with Gasteiger partial charge < -0.3 is 14.2 Å². The molecule has 29 heavy (non-hydrogen) atoms. The fraction of sp³-hybridized carbons (Fsp3) is 0.227. The number of nitriles is 1. The van der Waals surface area contributed by atoms with E-state index in [2.05, 4.69) is 11.1 Å². The second kappa shape index (κ2) is 7.98. The van der Waals surface area contributed by atoms with E-state index in [1.165, 1.54) is 0 Å². The second-order valence-corrected chi connectivity index (χ2v) is 7.33. The van der Waals surface area contributed by atoms with Crippen molar-refractivity contribution in [3.8, 4) is 17.5 Å². The average molecular weight is 407 g/mol. The third kappa shape index (κ3) is 3.82. The topological polar surface area (TPSA) is 73.4 Å². The molecule has 0 N–H and O–H groups in total. The third-order valence-electron chi connectivity index (χ3n) is 5.02. The van der Waals surface area contributed by atoms with E-state index in [9.17, 15) is 10.1 Å². The molecule has 1 saturated heterocycles. The first-order valence-corrected chi connectivity index (χ1v) is 9.71. The normalized spacial score (nSPS) is 14.0. The van der Waals surface area contributed by atoms with Crippen molar-refractivity contribution in [2.24, 2.45) is 0 Å². The number of nitrogens with zero attached hydrogens (tertiary/aromatic N) is 4. The van der Waals surface area contributed by atoms with Crippen LogP contribution in [0, 0.1) is 18.3 Å². The molecule has 0 atom stereocenters. The molecule has 1 aliphatic rings. The summed E-state index contributed by atoms with van der Waals surface area (Å²) in [5.41, 5.74) is 2.64. The van der Waals surface area contributed by atoms with Gasteiger partial charge in [0, 0.05) is 42.3 Å². The molecule has 7 heteroatoms. The second-order valence-electron chi connectivity index (χ2n) is 6.89. The number of aryl methyl sites for hydroxylation is 1. The summed E-state index contributed by atoms with van der Waals surface area (Å²) in [7, 11) is 0. The number of anilines is 1. The summed E-state index contributed by atoms with van der Waals surface area (Å²) in [6.45, 7) is 4.16. The van der Waals surface area contributed by atoms with E-state index in [-0.39, 0.29) is 11.6 Å². The molecule has 0 aliphatic carbocycles. The minimum atomic E-state index is 0.0282. The lowest BCUT2D eigenvalue weighted by Crippen LogP contribution is -2.49. The summed E-state index contributed by atoms with van der Waals surface area (Å²) in [6, 6.07) is 16.9. The highest BCUT2D eigenvalue weighted by Crippen LogP contribution is 2.30. The Morgan fingerprint density at radius 1 is 1.14 bits per heavy atom. The van der Waals surface area contributed by atoms with Crippen LogP contribution in [0.4, 0.5) is 5.88 Å². The van der Waals surface area contributed by atoms with Gasteiger partial charge in [0.1, 0.15) is 6.07 Å². The van der Waals surface area contributed by atoms with Crippen molar-refractivity contribution in [3.05, 3.63) is 70.4 Å². The van der Waals surface area contributed by atoms with E-state index in [4.69, 9.17) is 16.0 Å². The number of oxazole rings is 1. The van der Waals surface area contributed by atoms with Crippen molar-refractivity contribution in [2.45, 2.75) is 6.92 Å². The van der Waals surface area contributed by atoms with Gasteiger partial charge in [-0.15, -0.1) is 0 Å². The zero-order valence-corrected chi connectivity index (χ0v) is 16.7. The largest absolute Gasteiger partial charge is 0.419 e. The number of carbonyl (C=O) groups is 1. The highest BCUT2D eigenvalue weighted by atomic mass is 35.5. The number of benzene rings is 2. The molecular formula is C22H19ClN4O2. The maximum Gasteiger partial charge on any atom is 0.254 e. The van der Waals surface area contributed by atoms with E-state index >= 15 is 0 Å². The van der Waals surface area contributed by atoms with Crippen LogP contribution in [0.25, 0.3) is 11.5 Å². The average Bonchev–Trinajstić information content (AvgIpc) is 3.18. The maximum absolute atomic E-state index is 12.8. The van der Waals surface area contributed by atoms with Gasteiger partial charge in [-0.05, 0) is 36.8 Å². The third-order valence-corrected chi connectivity index (χ3v) is 5.25. The monoisotopic (exact) mass is 406 g/mol. The predicted octanol–water partition coefficient (Wildman–Crippen LogP) is 4.14. The molecule has 0 saturated carbocycles. The minimum absolute atomic E-state index is 0.0282. The molecule has 2 aromatic carbocycles. The standard InChI is InChI=1S/C22H19ClN4O2/c1-15-5-2-3-8-18(15)21(28)26-9-11-27(12-10-26)22-19(14-24)25-20(29-22)16-6-4-7-17(23)13-16/h2-8,13H,9-12H2,1H3. The predicted molar refractivity (Wildman–Crippen MR) is 111 cm³/mol. The Morgan fingerprint density at radius 2 is 1.90 bits per heavy atom. The van der Waals surface area contributed by atoms with Gasteiger partial charge in [-0.3, -0.25) is 4.79 Å². The summed E-state index contributed by atoms with van der Waals surface area (Å²) < 4.78 is 5.92. The number of rotatable bonds is 3. The van der Waals surface area contributed by atoms with E-state index in [0.717, 1.165) is 11.1 Å². The number of carbonyl (C=O) groups excluding carboxylic acids is 1. The lowest BCUT2D eigenvalue weighted by atomic mass is 10.1. The van der Waals surface area contributed by atoms with E-state index in [0.29, 0.717) is 48.5 Å². The first-order chi connectivity index (χ1) is 14.1. The first-order valence-electron chi connectivity index (χ1n) is 9.33. The molecule has 2 heterocycles. The van der Waals surface area contributed by atoms with Crippen molar-refractivity contribution in [3.63, 3.8) is 0 Å². The summed E-state index contributed by atoms with van der Waals surface area (Å²) in [4.78, 5) is 20.9. The van der Waals surface area contributed by atoms with Crippen LogP contribution in [0.5, 0.6) is 0 Å².